The fraction of sp³-hybridized carbons (Fsp3) is 0.786. The van der Waals surface area contributed by atoms with Crippen LogP contribution in [-0.4, -0.2) is 17.0 Å². The van der Waals surface area contributed by atoms with Crippen LogP contribution < -0.4 is 0 Å². The van der Waals surface area contributed by atoms with Gasteiger partial charge in [-0.1, -0.05) is 32.9 Å². The largest absolute Gasteiger partial charge is 0.392 e. The second-order valence-electron chi connectivity index (χ2n) is 4.92. The van der Waals surface area contributed by atoms with E-state index in [2.05, 4.69) is 0 Å². The molecule has 0 aromatic carbocycles. The standard InChI is InChI=1S/C14H24O2/c1-4-5-6-7-11(3)14(16)13-10(2)8-9-12(13)15/h5-6,10-11,13-14,16H,4,7-9H2,1-3H3/b6-5+/t10?,11-,13-,14?/m1/s1/i1D2. The molecule has 0 amide bonds. The molecule has 2 unspecified atom stereocenters. The predicted molar refractivity (Wildman–Crippen MR) is 66.1 cm³/mol. The Morgan fingerprint density at radius 3 is 2.94 bits per heavy atom. The van der Waals surface area contributed by atoms with Crippen LogP contribution >= 0.6 is 0 Å². The second kappa shape index (κ2) is 6.19. The highest BCUT2D eigenvalue weighted by molar-refractivity contribution is 5.83. The van der Waals surface area contributed by atoms with Crippen molar-refractivity contribution in [3.63, 3.8) is 0 Å². The number of aliphatic hydroxyl groups is 1. The molecule has 0 aliphatic heterocycles. The average molecular weight is 226 g/mol. The van der Waals surface area contributed by atoms with Crippen LogP contribution in [0.2, 0.25) is 0 Å². The van der Waals surface area contributed by atoms with E-state index in [0.29, 0.717) is 19.3 Å². The molecule has 0 heterocycles. The van der Waals surface area contributed by atoms with E-state index in [-0.39, 0.29) is 23.5 Å². The molecule has 16 heavy (non-hydrogen) atoms. The Bertz CT molecular complexity index is 302. The molecular weight excluding hydrogens is 200 g/mol. The summed E-state index contributed by atoms with van der Waals surface area (Å²) >= 11 is 0. The summed E-state index contributed by atoms with van der Waals surface area (Å²) in [5, 5.41) is 10.2. The number of hydrogen-bond acceptors (Lipinski definition) is 2. The van der Waals surface area contributed by atoms with Gasteiger partial charge >= 0.3 is 0 Å². The first-order chi connectivity index (χ1) is 8.43. The zero-order valence-corrected chi connectivity index (χ0v) is 10.2. The van der Waals surface area contributed by atoms with Crippen molar-refractivity contribution >= 4 is 5.78 Å². The van der Waals surface area contributed by atoms with Crippen molar-refractivity contribution in [2.45, 2.75) is 52.5 Å². The molecule has 2 heteroatoms. The van der Waals surface area contributed by atoms with Crippen LogP contribution in [0.3, 0.4) is 0 Å². The first-order valence-corrected chi connectivity index (χ1v) is 6.13. The first-order valence-electron chi connectivity index (χ1n) is 7.29. The number of Topliss-reactive ketones (excluding diaryl/α,β-unsaturated/α-hetero) is 1. The lowest BCUT2D eigenvalue weighted by molar-refractivity contribution is -0.125. The van der Waals surface area contributed by atoms with Gasteiger partial charge in [0.05, 0.1) is 6.10 Å². The number of ketones is 1. The summed E-state index contributed by atoms with van der Waals surface area (Å²) < 4.78 is 14.1. The lowest BCUT2D eigenvalue weighted by Gasteiger charge is -2.25. The third kappa shape index (κ3) is 3.18. The molecule has 1 fully saturated rings. The maximum absolute atomic E-state index is 11.7. The van der Waals surface area contributed by atoms with Gasteiger partial charge in [-0.15, -0.1) is 0 Å². The minimum atomic E-state index is -0.821. The topological polar surface area (TPSA) is 37.3 Å². The number of carbonyl (C=O) groups excluding carboxylic acids is 1. The molecule has 1 aliphatic carbocycles. The second-order valence-corrected chi connectivity index (χ2v) is 4.92. The molecule has 0 aromatic heterocycles. The predicted octanol–water partition coefficient (Wildman–Crippen LogP) is 2.95. The van der Waals surface area contributed by atoms with Gasteiger partial charge in [0, 0.05) is 15.1 Å². The van der Waals surface area contributed by atoms with Crippen LogP contribution in [0.25, 0.3) is 0 Å². The van der Waals surface area contributed by atoms with Gasteiger partial charge in [-0.25, -0.2) is 0 Å². The highest BCUT2D eigenvalue weighted by Gasteiger charge is 2.38. The monoisotopic (exact) mass is 226 g/mol. The van der Waals surface area contributed by atoms with Crippen molar-refractivity contribution in [2.75, 3.05) is 0 Å². The average Bonchev–Trinajstić information content (AvgIpc) is 2.63. The van der Waals surface area contributed by atoms with E-state index >= 15 is 0 Å². The van der Waals surface area contributed by atoms with Gasteiger partial charge in [0.1, 0.15) is 5.78 Å². The van der Waals surface area contributed by atoms with E-state index in [0.717, 1.165) is 6.42 Å². The van der Waals surface area contributed by atoms with Crippen molar-refractivity contribution in [3.8, 4) is 0 Å². The molecular formula is C14H24O2. The Morgan fingerprint density at radius 2 is 2.38 bits per heavy atom. The normalized spacial score (nSPS) is 31.9. The Hall–Kier alpha value is -0.630. The minimum Gasteiger partial charge on any atom is -0.392 e. The van der Waals surface area contributed by atoms with Crippen LogP contribution in [0.15, 0.2) is 12.2 Å². The summed E-state index contributed by atoms with van der Waals surface area (Å²) in [5.74, 6) is 0.326. The van der Waals surface area contributed by atoms with Gasteiger partial charge in [0.25, 0.3) is 0 Å². The van der Waals surface area contributed by atoms with Gasteiger partial charge < -0.3 is 5.11 Å². The quantitative estimate of drug-likeness (QED) is 0.732. The molecule has 0 aromatic rings. The van der Waals surface area contributed by atoms with E-state index in [4.69, 9.17) is 2.74 Å². The summed E-state index contributed by atoms with van der Waals surface area (Å²) in [6.07, 6.45) is 5.77. The Labute approximate surface area is 102 Å². The van der Waals surface area contributed by atoms with E-state index in [9.17, 15) is 9.90 Å². The summed E-state index contributed by atoms with van der Waals surface area (Å²) in [6, 6.07) is 0. The minimum absolute atomic E-state index is 0.0469. The molecule has 1 rings (SSSR count). The van der Waals surface area contributed by atoms with Crippen molar-refractivity contribution in [1.29, 1.82) is 0 Å². The van der Waals surface area contributed by atoms with Crippen LogP contribution in [0.5, 0.6) is 0 Å². The zero-order chi connectivity index (χ0) is 13.7. The summed E-state index contributed by atoms with van der Waals surface area (Å²) in [6.45, 7) is 3.16. The van der Waals surface area contributed by atoms with Gasteiger partial charge in [-0.3, -0.25) is 4.79 Å². The maximum Gasteiger partial charge on any atom is 0.138 e. The number of hydrogen-bond donors (Lipinski definition) is 1. The van der Waals surface area contributed by atoms with Crippen molar-refractivity contribution in [1.82, 2.24) is 0 Å². The van der Waals surface area contributed by atoms with Crippen LogP contribution in [0.1, 0.15) is 49.1 Å². The highest BCUT2D eigenvalue weighted by Crippen LogP contribution is 2.34. The molecule has 0 bridgehead atoms. The van der Waals surface area contributed by atoms with E-state index in [1.807, 2.05) is 26.0 Å². The van der Waals surface area contributed by atoms with Crippen LogP contribution in [0.4, 0.5) is 0 Å². The summed E-state index contributed by atoms with van der Waals surface area (Å²) in [4.78, 5) is 11.7. The van der Waals surface area contributed by atoms with Gasteiger partial charge in [-0.2, -0.15) is 0 Å². The zero-order valence-electron chi connectivity index (χ0n) is 12.2. The molecule has 1 aliphatic rings. The van der Waals surface area contributed by atoms with Crippen molar-refractivity contribution in [3.05, 3.63) is 12.2 Å². The number of allylic oxidation sites excluding steroid dienone is 2. The molecule has 1 N–H and O–H groups in total. The third-order valence-corrected chi connectivity index (χ3v) is 3.59. The third-order valence-electron chi connectivity index (χ3n) is 3.59. The van der Waals surface area contributed by atoms with Crippen molar-refractivity contribution < 1.29 is 12.6 Å². The van der Waals surface area contributed by atoms with E-state index in [1.165, 1.54) is 0 Å². The lowest BCUT2D eigenvalue weighted by Crippen LogP contribution is -2.33. The fourth-order valence-corrected chi connectivity index (χ4v) is 2.46. The molecule has 1 saturated carbocycles. The summed E-state index contributed by atoms with van der Waals surface area (Å²) in [5.41, 5.74) is 0. The van der Waals surface area contributed by atoms with Gasteiger partial charge in [0.15, 0.2) is 0 Å². The summed E-state index contributed by atoms with van der Waals surface area (Å²) in [7, 11) is 0. The Balaban J connectivity index is 2.43. The Kier molecular flexibility index (Phi) is 4.07. The first kappa shape index (κ1) is 10.5. The van der Waals surface area contributed by atoms with E-state index < -0.39 is 13.0 Å². The SMILES string of the molecule is [2H]C([2H])C/C=C/C[C@@H](C)C(O)[C@H]1C(=O)CCC1C. The van der Waals surface area contributed by atoms with Gasteiger partial charge in [-0.05, 0) is 31.1 Å². The van der Waals surface area contributed by atoms with E-state index in [1.54, 1.807) is 0 Å². The van der Waals surface area contributed by atoms with Crippen LogP contribution in [-0.2, 0) is 4.79 Å². The molecule has 92 valence electrons. The Morgan fingerprint density at radius 1 is 1.62 bits per heavy atom. The van der Waals surface area contributed by atoms with Crippen molar-refractivity contribution in [2.24, 2.45) is 17.8 Å². The number of aliphatic hydroxyl groups excluding tert-OH is 1. The molecule has 4 atom stereocenters. The number of carbonyl (C=O) groups is 1. The maximum atomic E-state index is 11.7. The highest BCUT2D eigenvalue weighted by atomic mass is 16.3. The fourth-order valence-electron chi connectivity index (χ4n) is 2.46. The smallest absolute Gasteiger partial charge is 0.138 e. The van der Waals surface area contributed by atoms with Crippen LogP contribution in [0, 0.1) is 17.8 Å². The lowest BCUT2D eigenvalue weighted by atomic mass is 9.83. The molecule has 0 radical (unpaired) electrons. The molecule has 0 saturated heterocycles. The van der Waals surface area contributed by atoms with Gasteiger partial charge in [0.2, 0.25) is 0 Å². The number of rotatable bonds is 5. The molecule has 0 spiro atoms. The molecule has 2 nitrogen and oxygen atoms in total.